The van der Waals surface area contributed by atoms with Crippen molar-refractivity contribution in [1.29, 1.82) is 0 Å². The van der Waals surface area contributed by atoms with Gasteiger partial charge in [0.05, 0.1) is 6.61 Å². The molecule has 1 aliphatic heterocycles. The molecule has 0 aliphatic carbocycles. The Labute approximate surface area is 123 Å². The summed E-state index contributed by atoms with van der Waals surface area (Å²) in [5.41, 5.74) is 0. The van der Waals surface area contributed by atoms with E-state index >= 15 is 0 Å². The molecule has 0 unspecified atom stereocenters. The summed E-state index contributed by atoms with van der Waals surface area (Å²) in [5.74, 6) is 1.55. The lowest BCUT2D eigenvalue weighted by Gasteiger charge is -2.31. The number of pyridine rings is 1. The van der Waals surface area contributed by atoms with Crippen molar-refractivity contribution < 1.29 is 4.74 Å². The number of ether oxygens (including phenoxy) is 1. The van der Waals surface area contributed by atoms with Crippen LogP contribution in [0.2, 0.25) is 0 Å². The van der Waals surface area contributed by atoms with Crippen LogP contribution >= 0.6 is 11.3 Å². The largest absolute Gasteiger partial charge is 0.493 e. The fourth-order valence-electron chi connectivity index (χ4n) is 2.43. The van der Waals surface area contributed by atoms with E-state index in [0.29, 0.717) is 5.92 Å². The number of nitrogens with zero attached hydrogens (tertiary/aromatic N) is 3. The van der Waals surface area contributed by atoms with E-state index in [1.165, 1.54) is 17.7 Å². The van der Waals surface area contributed by atoms with E-state index < -0.39 is 0 Å². The van der Waals surface area contributed by atoms with Crippen LogP contribution in [-0.4, -0.2) is 29.7 Å². The third-order valence-corrected chi connectivity index (χ3v) is 4.60. The van der Waals surface area contributed by atoms with E-state index in [-0.39, 0.29) is 0 Å². The van der Waals surface area contributed by atoms with E-state index in [4.69, 9.17) is 4.74 Å². The number of anilines is 1. The van der Waals surface area contributed by atoms with E-state index in [9.17, 15) is 0 Å². The Morgan fingerprint density at radius 2 is 2.05 bits per heavy atom. The quantitative estimate of drug-likeness (QED) is 0.866. The van der Waals surface area contributed by atoms with Gasteiger partial charge >= 0.3 is 0 Å². The lowest BCUT2D eigenvalue weighted by atomic mass is 9.98. The van der Waals surface area contributed by atoms with Crippen LogP contribution in [0.5, 0.6) is 5.75 Å². The SMILES string of the molecule is Cc1cnc(N2CCC(COc3ccncc3)CC2)s1. The van der Waals surface area contributed by atoms with Gasteiger partial charge in [-0.25, -0.2) is 4.98 Å². The molecule has 0 amide bonds. The van der Waals surface area contributed by atoms with Crippen molar-refractivity contribution in [3.8, 4) is 5.75 Å². The fourth-order valence-corrected chi connectivity index (χ4v) is 3.24. The molecule has 5 heteroatoms. The maximum Gasteiger partial charge on any atom is 0.185 e. The van der Waals surface area contributed by atoms with Crippen molar-refractivity contribution in [3.05, 3.63) is 35.6 Å². The molecule has 3 heterocycles. The molecule has 106 valence electrons. The molecule has 2 aromatic heterocycles. The minimum absolute atomic E-state index is 0.639. The lowest BCUT2D eigenvalue weighted by molar-refractivity contribution is 0.222. The Kier molecular flexibility index (Phi) is 4.16. The number of rotatable bonds is 4. The highest BCUT2D eigenvalue weighted by Crippen LogP contribution is 2.27. The minimum Gasteiger partial charge on any atom is -0.493 e. The van der Waals surface area contributed by atoms with Gasteiger partial charge in [0, 0.05) is 36.6 Å². The van der Waals surface area contributed by atoms with Crippen LogP contribution in [0, 0.1) is 12.8 Å². The average Bonchev–Trinajstić information content (AvgIpc) is 2.93. The second-order valence-electron chi connectivity index (χ2n) is 5.18. The highest BCUT2D eigenvalue weighted by Gasteiger charge is 2.21. The summed E-state index contributed by atoms with van der Waals surface area (Å²) in [6.45, 7) is 5.07. The van der Waals surface area contributed by atoms with Crippen molar-refractivity contribution in [2.45, 2.75) is 19.8 Å². The first-order valence-corrected chi connectivity index (χ1v) is 7.83. The summed E-state index contributed by atoms with van der Waals surface area (Å²) in [5, 5.41) is 1.16. The zero-order valence-electron chi connectivity index (χ0n) is 11.7. The highest BCUT2D eigenvalue weighted by atomic mass is 32.1. The number of hydrogen-bond donors (Lipinski definition) is 0. The predicted molar refractivity (Wildman–Crippen MR) is 81.5 cm³/mol. The topological polar surface area (TPSA) is 38.2 Å². The zero-order chi connectivity index (χ0) is 13.8. The van der Waals surface area contributed by atoms with E-state index in [1.807, 2.05) is 18.3 Å². The zero-order valence-corrected chi connectivity index (χ0v) is 12.5. The number of aryl methyl sites for hydroxylation is 1. The molecule has 0 aromatic carbocycles. The molecule has 0 saturated carbocycles. The summed E-state index contributed by atoms with van der Waals surface area (Å²) >= 11 is 1.78. The molecule has 0 radical (unpaired) electrons. The van der Waals surface area contributed by atoms with Gasteiger partial charge < -0.3 is 9.64 Å². The molecule has 2 aromatic rings. The number of aromatic nitrogens is 2. The second-order valence-corrected chi connectivity index (χ2v) is 6.39. The molecular weight excluding hydrogens is 270 g/mol. The Bertz CT molecular complexity index is 535. The van der Waals surface area contributed by atoms with E-state index in [1.54, 1.807) is 23.7 Å². The Hall–Kier alpha value is -1.62. The standard InChI is InChI=1S/C15H19N3OS/c1-12-10-17-15(20-12)18-8-4-13(5-9-18)11-19-14-2-6-16-7-3-14/h2-3,6-7,10,13H,4-5,8-9,11H2,1H3. The summed E-state index contributed by atoms with van der Waals surface area (Å²) in [6, 6.07) is 3.82. The van der Waals surface area contributed by atoms with Crippen LogP contribution in [0.15, 0.2) is 30.7 Å². The van der Waals surface area contributed by atoms with Gasteiger partial charge in [-0.2, -0.15) is 0 Å². The van der Waals surface area contributed by atoms with Crippen molar-refractivity contribution in [1.82, 2.24) is 9.97 Å². The van der Waals surface area contributed by atoms with Crippen LogP contribution in [0.1, 0.15) is 17.7 Å². The first-order chi connectivity index (χ1) is 9.81. The van der Waals surface area contributed by atoms with Crippen molar-refractivity contribution in [2.75, 3.05) is 24.6 Å². The first kappa shape index (κ1) is 13.4. The van der Waals surface area contributed by atoms with Crippen molar-refractivity contribution in [3.63, 3.8) is 0 Å². The molecular formula is C15H19N3OS. The Morgan fingerprint density at radius 1 is 1.30 bits per heavy atom. The van der Waals surface area contributed by atoms with Crippen LogP contribution in [0.4, 0.5) is 5.13 Å². The van der Waals surface area contributed by atoms with Gasteiger partial charge in [0.2, 0.25) is 0 Å². The molecule has 20 heavy (non-hydrogen) atoms. The van der Waals surface area contributed by atoms with Crippen LogP contribution in [0.3, 0.4) is 0 Å². The summed E-state index contributed by atoms with van der Waals surface area (Å²) in [4.78, 5) is 12.1. The fraction of sp³-hybridized carbons (Fsp3) is 0.467. The van der Waals surface area contributed by atoms with Gasteiger partial charge in [0.1, 0.15) is 5.75 Å². The molecule has 3 rings (SSSR count). The minimum atomic E-state index is 0.639. The van der Waals surface area contributed by atoms with Gasteiger partial charge in [0.15, 0.2) is 5.13 Å². The van der Waals surface area contributed by atoms with E-state index in [2.05, 4.69) is 21.8 Å². The first-order valence-electron chi connectivity index (χ1n) is 7.01. The molecule has 0 atom stereocenters. The maximum absolute atomic E-state index is 5.82. The Morgan fingerprint density at radius 3 is 2.70 bits per heavy atom. The third kappa shape index (κ3) is 3.28. The van der Waals surface area contributed by atoms with Crippen molar-refractivity contribution >= 4 is 16.5 Å². The molecule has 0 spiro atoms. The lowest BCUT2D eigenvalue weighted by Crippen LogP contribution is -2.35. The highest BCUT2D eigenvalue weighted by molar-refractivity contribution is 7.15. The van der Waals surface area contributed by atoms with Gasteiger partial charge in [-0.1, -0.05) is 0 Å². The van der Waals surface area contributed by atoms with Crippen LogP contribution < -0.4 is 9.64 Å². The molecule has 0 N–H and O–H groups in total. The summed E-state index contributed by atoms with van der Waals surface area (Å²) < 4.78 is 5.82. The predicted octanol–water partition coefficient (Wildman–Crippen LogP) is 3.14. The van der Waals surface area contributed by atoms with E-state index in [0.717, 1.165) is 30.6 Å². The number of hydrogen-bond acceptors (Lipinski definition) is 5. The smallest absolute Gasteiger partial charge is 0.185 e. The number of piperidine rings is 1. The Balaban J connectivity index is 1.47. The monoisotopic (exact) mass is 289 g/mol. The molecule has 1 saturated heterocycles. The normalized spacial score (nSPS) is 16.4. The van der Waals surface area contributed by atoms with Crippen molar-refractivity contribution in [2.24, 2.45) is 5.92 Å². The van der Waals surface area contributed by atoms with Crippen LogP contribution in [-0.2, 0) is 0 Å². The average molecular weight is 289 g/mol. The van der Waals surface area contributed by atoms with Gasteiger partial charge in [-0.05, 0) is 37.8 Å². The van der Waals surface area contributed by atoms with Gasteiger partial charge in [-0.3, -0.25) is 4.98 Å². The molecule has 1 aliphatic rings. The van der Waals surface area contributed by atoms with Crippen LogP contribution in [0.25, 0.3) is 0 Å². The maximum atomic E-state index is 5.82. The molecule has 0 bridgehead atoms. The molecule has 1 fully saturated rings. The van der Waals surface area contributed by atoms with Gasteiger partial charge in [0.25, 0.3) is 0 Å². The van der Waals surface area contributed by atoms with Gasteiger partial charge in [-0.15, -0.1) is 11.3 Å². The number of thiazole rings is 1. The summed E-state index contributed by atoms with van der Waals surface area (Å²) in [7, 11) is 0. The molecule has 4 nitrogen and oxygen atoms in total. The third-order valence-electron chi connectivity index (χ3n) is 3.63. The summed E-state index contributed by atoms with van der Waals surface area (Å²) in [6.07, 6.45) is 7.83. The second kappa shape index (κ2) is 6.22.